The molecule has 19 heteroatoms. The van der Waals surface area contributed by atoms with Crippen molar-refractivity contribution in [1.82, 2.24) is 55.3 Å². The van der Waals surface area contributed by atoms with Crippen LogP contribution in [0.1, 0.15) is 71.6 Å². The predicted octanol–water partition coefficient (Wildman–Crippen LogP) is 4.83. The highest BCUT2D eigenvalue weighted by Crippen LogP contribution is 2.26. The van der Waals surface area contributed by atoms with Crippen LogP contribution in [0.4, 0.5) is 16.0 Å². The number of oxazole rings is 1. The first kappa shape index (κ1) is 41.5. The number of hydrogen-bond acceptors (Lipinski definition) is 12. The first-order chi connectivity index (χ1) is 30.1. The molecule has 2 saturated heterocycles. The van der Waals surface area contributed by atoms with Crippen LogP contribution in [0.15, 0.2) is 72.7 Å². The zero-order chi connectivity index (χ0) is 43.2. The van der Waals surface area contributed by atoms with Gasteiger partial charge in [0.1, 0.15) is 34.0 Å². The maximum absolute atomic E-state index is 13.3. The van der Waals surface area contributed by atoms with Crippen LogP contribution in [0.5, 0.6) is 0 Å². The number of aromatic amines is 2. The van der Waals surface area contributed by atoms with Crippen LogP contribution in [0.2, 0.25) is 0 Å². The first-order valence-corrected chi connectivity index (χ1v) is 20.8. The van der Waals surface area contributed by atoms with E-state index in [1.807, 2.05) is 0 Å². The van der Waals surface area contributed by atoms with E-state index in [9.17, 15) is 23.6 Å². The molecule has 9 rings (SSSR count). The normalized spacial score (nSPS) is 16.0. The summed E-state index contributed by atoms with van der Waals surface area (Å²) in [6, 6.07) is 4.42. The second kappa shape index (κ2) is 18.6. The number of hydrogen-bond donors (Lipinski definition) is 6. The number of H-pyrrole nitrogens is 2. The van der Waals surface area contributed by atoms with E-state index in [2.05, 4.69) is 69.3 Å². The molecule has 62 heavy (non-hydrogen) atoms. The number of likely N-dealkylation sites (tertiary alicyclic amines) is 2. The molecule has 0 bridgehead atoms. The van der Waals surface area contributed by atoms with Crippen molar-refractivity contribution in [2.45, 2.75) is 63.6 Å². The summed E-state index contributed by atoms with van der Waals surface area (Å²) in [5.41, 5.74) is 3.79. The molecule has 0 unspecified atom stereocenters. The molecular weight excluding hydrogens is 798 g/mol. The summed E-state index contributed by atoms with van der Waals surface area (Å²) in [5.74, 6) is 1.08. The Balaban J connectivity index is 0.000000174. The molecule has 1 saturated carbocycles. The Labute approximate surface area is 355 Å². The van der Waals surface area contributed by atoms with Crippen LogP contribution >= 0.6 is 0 Å². The lowest BCUT2D eigenvalue weighted by atomic mass is 9.85. The fourth-order valence-corrected chi connectivity index (χ4v) is 7.74. The van der Waals surface area contributed by atoms with Crippen LogP contribution in [0.25, 0.3) is 33.4 Å². The average molecular weight is 846 g/mol. The second-order valence-electron chi connectivity index (χ2n) is 15.6. The molecule has 0 atom stereocenters. The van der Waals surface area contributed by atoms with Crippen LogP contribution in [0, 0.1) is 11.7 Å². The van der Waals surface area contributed by atoms with E-state index in [0.717, 1.165) is 32.2 Å². The maximum atomic E-state index is 13.3. The molecule has 6 N–H and O–H groups in total. The monoisotopic (exact) mass is 845 g/mol. The Kier molecular flexibility index (Phi) is 12.5. The number of halogens is 1. The number of rotatable bonds is 12. The molecule has 18 nitrogen and oxygen atoms in total. The molecule has 6 aromatic rings. The Morgan fingerprint density at radius 1 is 0.758 bits per heavy atom. The van der Waals surface area contributed by atoms with Gasteiger partial charge in [-0.3, -0.25) is 19.2 Å². The van der Waals surface area contributed by atoms with Gasteiger partial charge in [0.15, 0.2) is 16.9 Å². The number of benzene rings is 1. The minimum Gasteiger partial charge on any atom is -0.439 e. The van der Waals surface area contributed by atoms with Crippen molar-refractivity contribution < 1.29 is 28.0 Å². The number of anilines is 2. The first-order valence-electron chi connectivity index (χ1n) is 20.8. The Morgan fingerprint density at radius 2 is 1.29 bits per heavy atom. The summed E-state index contributed by atoms with van der Waals surface area (Å²) in [6.07, 6.45) is 16.0. The van der Waals surface area contributed by atoms with Gasteiger partial charge in [0, 0.05) is 63.3 Å². The second-order valence-corrected chi connectivity index (χ2v) is 15.6. The largest absolute Gasteiger partial charge is 0.439 e. The third-order valence-electron chi connectivity index (χ3n) is 11.5. The van der Waals surface area contributed by atoms with Crippen molar-refractivity contribution >= 4 is 68.7 Å². The number of carbonyl (C=O) groups is 4. The summed E-state index contributed by atoms with van der Waals surface area (Å²) >= 11 is 0. The quantitative estimate of drug-likeness (QED) is 0.0910. The highest BCUT2D eigenvalue weighted by atomic mass is 19.1. The Hall–Kier alpha value is -7.18. The van der Waals surface area contributed by atoms with E-state index in [1.54, 1.807) is 34.6 Å². The van der Waals surface area contributed by atoms with E-state index in [-0.39, 0.29) is 48.1 Å². The molecule has 322 valence electrons. The molecule has 1 aliphatic carbocycles. The standard InChI is InChI=1S/C23H22FN7O3.C20H26N6O2/c1-2-20(32)31-7-5-14(6-8-31)28-18-11-26-22-21(30-18)15(10-25-22)23(33)27-12-19-29-16-4-3-13(24)9-17(16)34-19;1-2-17(27)26-8-6-14(7-9-26)24-16-12-22-19-18(25-16)15(11-21-19)20(28)23-10-13-4-3-5-13/h2-4,9-11,14H,1,5-8,12H2,(H,25,26)(H,27,33)(H,28,30);2,11-14H,1,3-10H2,(H,21,22)(H,23,28)(H,24,25). The van der Waals surface area contributed by atoms with Gasteiger partial charge in [-0.15, -0.1) is 0 Å². The predicted molar refractivity (Wildman–Crippen MR) is 229 cm³/mol. The maximum Gasteiger partial charge on any atom is 0.255 e. The van der Waals surface area contributed by atoms with E-state index in [4.69, 9.17) is 4.42 Å². The summed E-state index contributed by atoms with van der Waals surface area (Å²) < 4.78 is 18.8. The van der Waals surface area contributed by atoms with Gasteiger partial charge in [-0.25, -0.2) is 29.3 Å². The number of amides is 4. The number of nitrogens with one attached hydrogen (secondary N) is 6. The molecule has 1 aromatic carbocycles. The van der Waals surface area contributed by atoms with Gasteiger partial charge >= 0.3 is 0 Å². The molecule has 3 aliphatic rings. The van der Waals surface area contributed by atoms with Crippen molar-refractivity contribution in [3.63, 3.8) is 0 Å². The Morgan fingerprint density at radius 3 is 1.79 bits per heavy atom. The van der Waals surface area contributed by atoms with Gasteiger partial charge in [0.25, 0.3) is 11.8 Å². The number of fused-ring (bicyclic) bond motifs is 3. The van der Waals surface area contributed by atoms with Gasteiger partial charge in [-0.1, -0.05) is 19.6 Å². The van der Waals surface area contributed by atoms with Crippen LogP contribution < -0.4 is 21.3 Å². The lowest BCUT2D eigenvalue weighted by Gasteiger charge is -2.31. The number of aromatic nitrogens is 7. The fraction of sp³-hybridized carbons (Fsp3) is 0.372. The molecule has 5 aromatic heterocycles. The lowest BCUT2D eigenvalue weighted by molar-refractivity contribution is -0.127. The number of nitrogens with zero attached hydrogens (tertiary/aromatic N) is 7. The topological polar surface area (TPSA) is 232 Å². The van der Waals surface area contributed by atoms with E-state index in [1.165, 1.54) is 49.6 Å². The smallest absolute Gasteiger partial charge is 0.255 e. The van der Waals surface area contributed by atoms with E-state index >= 15 is 0 Å². The molecule has 7 heterocycles. The SMILES string of the molecule is C=CC(=O)N1CCC(Nc2cnc3[nH]cc(C(=O)NCC4CCC4)c3n2)CC1.C=CC(=O)N1CCC(Nc2cnc3[nH]cc(C(=O)NCc4nc5ccc(F)cc5o4)c3n2)CC1. The van der Waals surface area contributed by atoms with Crippen molar-refractivity contribution in [3.8, 4) is 0 Å². The summed E-state index contributed by atoms with van der Waals surface area (Å²) in [5, 5.41) is 12.5. The highest BCUT2D eigenvalue weighted by molar-refractivity contribution is 6.05. The van der Waals surface area contributed by atoms with Gasteiger partial charge in [-0.05, 0) is 68.7 Å². The minimum atomic E-state index is -0.420. The van der Waals surface area contributed by atoms with Crippen LogP contribution in [-0.4, -0.2) is 113 Å². The highest BCUT2D eigenvalue weighted by Gasteiger charge is 2.25. The third kappa shape index (κ3) is 9.56. The van der Waals surface area contributed by atoms with Crippen molar-refractivity contribution in [3.05, 3.63) is 91.1 Å². The molecule has 3 fully saturated rings. The fourth-order valence-electron chi connectivity index (χ4n) is 7.74. The molecule has 0 radical (unpaired) electrons. The number of carbonyl (C=O) groups excluding carboxylic acids is 4. The van der Waals surface area contributed by atoms with Gasteiger partial charge in [-0.2, -0.15) is 0 Å². The van der Waals surface area contributed by atoms with Crippen molar-refractivity contribution in [2.75, 3.05) is 43.4 Å². The minimum absolute atomic E-state index is 0.0236. The van der Waals surface area contributed by atoms with E-state index in [0.29, 0.717) is 88.3 Å². The molecule has 0 spiro atoms. The lowest BCUT2D eigenvalue weighted by Crippen LogP contribution is -2.41. The summed E-state index contributed by atoms with van der Waals surface area (Å²) in [6.45, 7) is 10.5. The van der Waals surface area contributed by atoms with Crippen molar-refractivity contribution in [2.24, 2.45) is 5.92 Å². The van der Waals surface area contributed by atoms with Gasteiger partial charge < -0.3 is 45.5 Å². The zero-order valence-corrected chi connectivity index (χ0v) is 34.1. The molecule has 4 amide bonds. The molecule has 2 aliphatic heterocycles. The zero-order valence-electron chi connectivity index (χ0n) is 34.1. The Bertz CT molecular complexity index is 2620. The van der Waals surface area contributed by atoms with Gasteiger partial charge in [0.2, 0.25) is 17.7 Å². The van der Waals surface area contributed by atoms with Crippen LogP contribution in [0.3, 0.4) is 0 Å². The van der Waals surface area contributed by atoms with Gasteiger partial charge in [0.05, 0.1) is 30.1 Å². The van der Waals surface area contributed by atoms with Crippen molar-refractivity contribution in [1.29, 1.82) is 0 Å². The number of piperidine rings is 2. The van der Waals surface area contributed by atoms with E-state index < -0.39 is 5.82 Å². The third-order valence-corrected chi connectivity index (χ3v) is 11.5. The average Bonchev–Trinajstić information content (AvgIpc) is 4.01. The summed E-state index contributed by atoms with van der Waals surface area (Å²) in [7, 11) is 0. The summed E-state index contributed by atoms with van der Waals surface area (Å²) in [4.78, 5) is 80.5. The molecular formula is C43H48FN13O5. The van der Waals surface area contributed by atoms with Crippen LogP contribution in [-0.2, 0) is 16.1 Å².